The smallest absolute Gasteiger partial charge is 0.0668 e. The summed E-state index contributed by atoms with van der Waals surface area (Å²) < 4.78 is 5.64. The van der Waals surface area contributed by atoms with Crippen LogP contribution in [0.4, 0.5) is 0 Å². The second-order valence-corrected chi connectivity index (χ2v) is 5.11. The number of aliphatic hydroxyl groups is 1. The van der Waals surface area contributed by atoms with Crippen molar-refractivity contribution in [2.75, 3.05) is 26.4 Å². The maximum Gasteiger partial charge on any atom is 0.0668 e. The Morgan fingerprint density at radius 2 is 1.76 bits per heavy atom. The van der Waals surface area contributed by atoms with Gasteiger partial charge in [0.15, 0.2) is 0 Å². The maximum atomic E-state index is 9.34. The van der Waals surface area contributed by atoms with Crippen LogP contribution in [0.3, 0.4) is 0 Å². The molecule has 0 saturated heterocycles. The van der Waals surface area contributed by atoms with Crippen molar-refractivity contribution >= 4 is 0 Å². The highest BCUT2D eigenvalue weighted by molar-refractivity contribution is 4.81. The van der Waals surface area contributed by atoms with Crippen molar-refractivity contribution in [1.29, 1.82) is 0 Å². The lowest BCUT2D eigenvalue weighted by Crippen LogP contribution is -2.50. The molecule has 0 heterocycles. The van der Waals surface area contributed by atoms with Gasteiger partial charge < -0.3 is 15.2 Å². The van der Waals surface area contributed by atoms with Crippen LogP contribution in [0.5, 0.6) is 0 Å². The van der Waals surface area contributed by atoms with E-state index in [1.807, 2.05) is 6.92 Å². The molecule has 0 rings (SSSR count). The molecule has 0 bridgehead atoms. The van der Waals surface area contributed by atoms with E-state index in [2.05, 4.69) is 19.2 Å². The minimum Gasteiger partial charge on any atom is -0.394 e. The highest BCUT2D eigenvalue weighted by atomic mass is 16.5. The van der Waals surface area contributed by atoms with Crippen LogP contribution in [0, 0.1) is 0 Å². The van der Waals surface area contributed by atoms with Crippen LogP contribution in [0.2, 0.25) is 0 Å². The number of aliphatic hydroxyl groups excluding tert-OH is 1. The third kappa shape index (κ3) is 9.57. The number of hydrogen-bond acceptors (Lipinski definition) is 3. The van der Waals surface area contributed by atoms with Gasteiger partial charge in [-0.2, -0.15) is 0 Å². The highest BCUT2D eigenvalue weighted by Gasteiger charge is 2.22. The lowest BCUT2D eigenvalue weighted by molar-refractivity contribution is 0.0428. The zero-order chi connectivity index (χ0) is 13.0. The van der Waals surface area contributed by atoms with E-state index in [4.69, 9.17) is 4.74 Å². The molecule has 0 radical (unpaired) electrons. The molecule has 3 heteroatoms. The fraction of sp³-hybridized carbons (Fsp3) is 1.00. The summed E-state index contributed by atoms with van der Waals surface area (Å²) in [5, 5.41) is 12.7. The summed E-state index contributed by atoms with van der Waals surface area (Å²) >= 11 is 0. The fourth-order valence-corrected chi connectivity index (χ4v) is 1.68. The molecule has 1 unspecified atom stereocenters. The molecule has 0 aromatic heterocycles. The molecular weight excluding hydrogens is 214 g/mol. The largest absolute Gasteiger partial charge is 0.394 e. The zero-order valence-corrected chi connectivity index (χ0v) is 11.9. The van der Waals surface area contributed by atoms with Gasteiger partial charge in [0.25, 0.3) is 0 Å². The average Bonchev–Trinajstić information content (AvgIpc) is 2.35. The van der Waals surface area contributed by atoms with E-state index in [0.29, 0.717) is 6.61 Å². The van der Waals surface area contributed by atoms with Gasteiger partial charge in [-0.15, -0.1) is 0 Å². The van der Waals surface area contributed by atoms with Crippen LogP contribution >= 0.6 is 0 Å². The first-order valence-electron chi connectivity index (χ1n) is 7.12. The van der Waals surface area contributed by atoms with E-state index in [9.17, 15) is 5.11 Å². The molecule has 0 aliphatic rings. The molecule has 1 atom stereocenters. The van der Waals surface area contributed by atoms with Gasteiger partial charge in [-0.25, -0.2) is 0 Å². The molecule has 0 fully saturated rings. The molecular formula is C14H31NO2. The molecule has 3 nitrogen and oxygen atoms in total. The van der Waals surface area contributed by atoms with Gasteiger partial charge in [-0.1, -0.05) is 39.5 Å². The van der Waals surface area contributed by atoms with Gasteiger partial charge in [0.2, 0.25) is 0 Å². The molecule has 0 aliphatic carbocycles. The molecule has 0 aliphatic heterocycles. The molecule has 0 aromatic carbocycles. The van der Waals surface area contributed by atoms with Crippen molar-refractivity contribution in [1.82, 2.24) is 5.32 Å². The second kappa shape index (κ2) is 11.0. The van der Waals surface area contributed by atoms with Gasteiger partial charge in [-0.05, 0) is 26.3 Å². The zero-order valence-electron chi connectivity index (χ0n) is 11.9. The monoisotopic (exact) mass is 245 g/mol. The van der Waals surface area contributed by atoms with Crippen LogP contribution in [-0.2, 0) is 4.74 Å². The Labute approximate surface area is 107 Å². The average molecular weight is 245 g/mol. The Bertz CT molecular complexity index is 164. The molecule has 0 amide bonds. The molecule has 0 aromatic rings. The Balaban J connectivity index is 3.48. The number of unbranched alkanes of at least 4 members (excludes halogenated alkanes) is 4. The summed E-state index contributed by atoms with van der Waals surface area (Å²) in [7, 11) is 0. The van der Waals surface area contributed by atoms with E-state index in [0.717, 1.165) is 26.0 Å². The standard InChI is InChI=1S/C14H31NO2/c1-4-6-7-8-9-11-17-13-14(3,12-16)15-10-5-2/h15-16H,4-13H2,1-3H3. The topological polar surface area (TPSA) is 41.5 Å². The predicted octanol–water partition coefficient (Wildman–Crippen LogP) is 2.72. The minimum atomic E-state index is -0.278. The molecule has 0 saturated carbocycles. The Morgan fingerprint density at radius 3 is 2.35 bits per heavy atom. The van der Waals surface area contributed by atoms with Crippen molar-refractivity contribution in [3.63, 3.8) is 0 Å². The van der Waals surface area contributed by atoms with Gasteiger partial charge in [0.1, 0.15) is 0 Å². The van der Waals surface area contributed by atoms with Crippen LogP contribution in [0.1, 0.15) is 59.3 Å². The third-order valence-electron chi connectivity index (χ3n) is 2.96. The molecule has 17 heavy (non-hydrogen) atoms. The van der Waals surface area contributed by atoms with Crippen molar-refractivity contribution < 1.29 is 9.84 Å². The summed E-state index contributed by atoms with van der Waals surface area (Å²) in [5.74, 6) is 0. The quantitative estimate of drug-likeness (QED) is 0.519. The fourth-order valence-electron chi connectivity index (χ4n) is 1.68. The lowest BCUT2D eigenvalue weighted by Gasteiger charge is -2.28. The van der Waals surface area contributed by atoms with E-state index in [-0.39, 0.29) is 12.1 Å². The van der Waals surface area contributed by atoms with Crippen molar-refractivity contribution in [3.05, 3.63) is 0 Å². The van der Waals surface area contributed by atoms with Crippen LogP contribution in [-0.4, -0.2) is 37.0 Å². The first-order chi connectivity index (χ1) is 8.18. The van der Waals surface area contributed by atoms with Gasteiger partial charge in [0, 0.05) is 6.61 Å². The van der Waals surface area contributed by atoms with Crippen molar-refractivity contribution in [3.8, 4) is 0 Å². The summed E-state index contributed by atoms with van der Waals surface area (Å²) in [4.78, 5) is 0. The molecule has 2 N–H and O–H groups in total. The predicted molar refractivity (Wildman–Crippen MR) is 73.4 cm³/mol. The minimum absolute atomic E-state index is 0.128. The van der Waals surface area contributed by atoms with E-state index in [1.165, 1.54) is 25.7 Å². The number of ether oxygens (including phenoxy) is 1. The van der Waals surface area contributed by atoms with E-state index < -0.39 is 0 Å². The third-order valence-corrected chi connectivity index (χ3v) is 2.96. The summed E-state index contributed by atoms with van der Waals surface area (Å²) in [6.07, 6.45) is 7.38. The SMILES string of the molecule is CCCCCCCOCC(C)(CO)NCCC. The first-order valence-corrected chi connectivity index (χ1v) is 7.12. The van der Waals surface area contributed by atoms with Gasteiger partial charge in [-0.3, -0.25) is 0 Å². The number of nitrogens with one attached hydrogen (secondary N) is 1. The number of rotatable bonds is 12. The molecule has 0 spiro atoms. The summed E-state index contributed by atoms with van der Waals surface area (Å²) in [6.45, 7) is 8.83. The Kier molecular flexibility index (Phi) is 10.9. The first kappa shape index (κ1) is 16.9. The van der Waals surface area contributed by atoms with Crippen molar-refractivity contribution in [2.24, 2.45) is 0 Å². The van der Waals surface area contributed by atoms with E-state index in [1.54, 1.807) is 0 Å². The van der Waals surface area contributed by atoms with Gasteiger partial charge >= 0.3 is 0 Å². The summed E-state index contributed by atoms with van der Waals surface area (Å²) in [6, 6.07) is 0. The Hall–Kier alpha value is -0.120. The van der Waals surface area contributed by atoms with Crippen LogP contribution in [0.15, 0.2) is 0 Å². The van der Waals surface area contributed by atoms with E-state index >= 15 is 0 Å². The highest BCUT2D eigenvalue weighted by Crippen LogP contribution is 2.06. The van der Waals surface area contributed by atoms with Crippen LogP contribution in [0.25, 0.3) is 0 Å². The lowest BCUT2D eigenvalue weighted by atomic mass is 10.1. The maximum absolute atomic E-state index is 9.34. The molecule has 104 valence electrons. The van der Waals surface area contributed by atoms with Crippen LogP contribution < -0.4 is 5.32 Å². The summed E-state index contributed by atoms with van der Waals surface area (Å²) in [5.41, 5.74) is -0.278. The van der Waals surface area contributed by atoms with Gasteiger partial charge in [0.05, 0.1) is 18.8 Å². The normalized spacial score (nSPS) is 14.8. The Morgan fingerprint density at radius 1 is 1.06 bits per heavy atom. The second-order valence-electron chi connectivity index (χ2n) is 5.11. The van der Waals surface area contributed by atoms with Crippen molar-refractivity contribution in [2.45, 2.75) is 64.8 Å². The number of hydrogen-bond donors (Lipinski definition) is 2.